The number of nitrogens with zero attached hydrogens (tertiary/aromatic N) is 2. The SMILES string of the molecule is Cn1c2ccccc2c2cc(-c3ccc(-c4ccc(N(c5ccccc5)c5cccc(-c6ccccc6)c5)cc4)cc3)ccc21. The summed E-state index contributed by atoms with van der Waals surface area (Å²) in [7, 11) is 2.14. The molecule has 1 heterocycles. The molecule has 0 aliphatic heterocycles. The van der Waals surface area contributed by atoms with Gasteiger partial charge in [-0.15, -0.1) is 0 Å². The van der Waals surface area contributed by atoms with Crippen molar-refractivity contribution in [2.75, 3.05) is 4.90 Å². The van der Waals surface area contributed by atoms with Gasteiger partial charge in [0.25, 0.3) is 0 Å². The summed E-state index contributed by atoms with van der Waals surface area (Å²) in [5.74, 6) is 0. The molecule has 0 amide bonds. The number of aromatic nitrogens is 1. The molecule has 0 aliphatic rings. The van der Waals surface area contributed by atoms with E-state index in [9.17, 15) is 0 Å². The van der Waals surface area contributed by atoms with Crippen molar-refractivity contribution in [2.24, 2.45) is 7.05 Å². The summed E-state index contributed by atoms with van der Waals surface area (Å²) in [6, 6.07) is 63.2. The van der Waals surface area contributed by atoms with Gasteiger partial charge in [-0.3, -0.25) is 0 Å². The molecule has 1 aromatic heterocycles. The maximum Gasteiger partial charge on any atom is 0.0489 e. The first kappa shape index (κ1) is 26.7. The Kier molecular flexibility index (Phi) is 6.73. The van der Waals surface area contributed by atoms with Gasteiger partial charge in [-0.2, -0.15) is 0 Å². The standard InChI is InChI=1S/C43H32N2/c1-44-42-18-9-8-17-40(42)41-30-36(25-28-43(41)44)34-21-19-32(20-22-34)33-23-26-38(27-24-33)45(37-14-6-3-7-15-37)39-16-10-13-35(29-39)31-11-4-2-5-12-31/h2-30H,1H3. The number of aryl methyl sites for hydroxylation is 1. The zero-order valence-corrected chi connectivity index (χ0v) is 25.1. The molecule has 2 nitrogen and oxygen atoms in total. The quantitative estimate of drug-likeness (QED) is 0.191. The fourth-order valence-corrected chi connectivity index (χ4v) is 6.48. The van der Waals surface area contributed by atoms with Crippen LogP contribution in [-0.4, -0.2) is 4.57 Å². The Morgan fingerprint density at radius 3 is 1.53 bits per heavy atom. The first-order valence-corrected chi connectivity index (χ1v) is 15.4. The Hall–Kier alpha value is -5.86. The van der Waals surface area contributed by atoms with Crippen LogP contribution in [0.15, 0.2) is 176 Å². The first-order chi connectivity index (χ1) is 22.2. The molecule has 45 heavy (non-hydrogen) atoms. The van der Waals surface area contributed by atoms with Crippen molar-refractivity contribution in [3.63, 3.8) is 0 Å². The predicted octanol–water partition coefficient (Wildman–Crippen LogP) is 11.8. The molecule has 0 atom stereocenters. The molecule has 0 radical (unpaired) electrons. The molecule has 7 aromatic carbocycles. The molecule has 0 bridgehead atoms. The van der Waals surface area contributed by atoms with E-state index in [1.54, 1.807) is 0 Å². The third-order valence-electron chi connectivity index (χ3n) is 8.82. The van der Waals surface area contributed by atoms with Gasteiger partial charge in [-0.05, 0) is 88.0 Å². The van der Waals surface area contributed by atoms with Gasteiger partial charge in [0.2, 0.25) is 0 Å². The van der Waals surface area contributed by atoms with Crippen LogP contribution in [0, 0.1) is 0 Å². The minimum atomic E-state index is 1.12. The maximum atomic E-state index is 2.33. The van der Waals surface area contributed by atoms with Crippen LogP contribution in [0.3, 0.4) is 0 Å². The molecule has 0 spiro atoms. The minimum Gasteiger partial charge on any atom is -0.344 e. The molecule has 0 fully saturated rings. The Morgan fingerprint density at radius 2 is 0.800 bits per heavy atom. The Balaban J connectivity index is 1.11. The number of benzene rings is 7. The minimum absolute atomic E-state index is 1.12. The fourth-order valence-electron chi connectivity index (χ4n) is 6.48. The summed E-state index contributed by atoms with van der Waals surface area (Å²) >= 11 is 0. The van der Waals surface area contributed by atoms with Crippen molar-refractivity contribution in [2.45, 2.75) is 0 Å². The largest absolute Gasteiger partial charge is 0.344 e. The molecule has 0 aliphatic carbocycles. The van der Waals surface area contributed by atoms with Crippen molar-refractivity contribution < 1.29 is 0 Å². The number of hydrogen-bond acceptors (Lipinski definition) is 1. The highest BCUT2D eigenvalue weighted by Crippen LogP contribution is 2.38. The van der Waals surface area contributed by atoms with Gasteiger partial charge in [0, 0.05) is 45.9 Å². The zero-order valence-electron chi connectivity index (χ0n) is 25.1. The van der Waals surface area contributed by atoms with Crippen LogP contribution in [0.25, 0.3) is 55.2 Å². The van der Waals surface area contributed by atoms with Crippen LogP contribution < -0.4 is 4.90 Å². The predicted molar refractivity (Wildman–Crippen MR) is 191 cm³/mol. The summed E-state index contributed by atoms with van der Waals surface area (Å²) in [6.07, 6.45) is 0. The lowest BCUT2D eigenvalue weighted by Gasteiger charge is -2.26. The monoisotopic (exact) mass is 576 g/mol. The molecule has 8 rings (SSSR count). The van der Waals surface area contributed by atoms with Crippen LogP contribution in [0.4, 0.5) is 17.1 Å². The van der Waals surface area contributed by atoms with E-state index in [-0.39, 0.29) is 0 Å². The van der Waals surface area contributed by atoms with Gasteiger partial charge in [0.05, 0.1) is 0 Å². The van der Waals surface area contributed by atoms with Gasteiger partial charge in [0.15, 0.2) is 0 Å². The van der Waals surface area contributed by atoms with Crippen molar-refractivity contribution in [3.8, 4) is 33.4 Å². The van der Waals surface area contributed by atoms with Crippen molar-refractivity contribution in [1.29, 1.82) is 0 Å². The normalized spacial score (nSPS) is 11.2. The number of fused-ring (bicyclic) bond motifs is 3. The number of para-hydroxylation sites is 2. The zero-order chi connectivity index (χ0) is 30.2. The number of hydrogen-bond donors (Lipinski definition) is 0. The lowest BCUT2D eigenvalue weighted by molar-refractivity contribution is 1.01. The molecule has 0 saturated carbocycles. The van der Waals surface area contributed by atoms with Crippen LogP contribution >= 0.6 is 0 Å². The maximum absolute atomic E-state index is 2.33. The van der Waals surface area contributed by atoms with Crippen LogP contribution in [0.5, 0.6) is 0 Å². The highest BCUT2D eigenvalue weighted by Gasteiger charge is 2.14. The number of anilines is 3. The molecular formula is C43H32N2. The third kappa shape index (κ3) is 4.97. The Morgan fingerprint density at radius 1 is 0.333 bits per heavy atom. The molecule has 0 unspecified atom stereocenters. The summed E-state index contributed by atoms with van der Waals surface area (Å²) in [6.45, 7) is 0. The van der Waals surface area contributed by atoms with Gasteiger partial charge in [-0.1, -0.05) is 121 Å². The van der Waals surface area contributed by atoms with Crippen molar-refractivity contribution in [1.82, 2.24) is 4.57 Å². The fraction of sp³-hybridized carbons (Fsp3) is 0.0233. The molecule has 2 heteroatoms. The van der Waals surface area contributed by atoms with Gasteiger partial charge < -0.3 is 9.47 Å². The third-order valence-corrected chi connectivity index (χ3v) is 8.82. The van der Waals surface area contributed by atoms with E-state index in [0.717, 1.165) is 17.1 Å². The summed E-state index contributed by atoms with van der Waals surface area (Å²) in [5.41, 5.74) is 13.2. The molecule has 0 saturated heterocycles. The van der Waals surface area contributed by atoms with Crippen molar-refractivity contribution in [3.05, 3.63) is 176 Å². The van der Waals surface area contributed by atoms with E-state index in [4.69, 9.17) is 0 Å². The van der Waals surface area contributed by atoms with E-state index in [2.05, 4.69) is 192 Å². The number of rotatable bonds is 6. The Bertz CT molecular complexity index is 2250. The average molecular weight is 577 g/mol. The lowest BCUT2D eigenvalue weighted by Crippen LogP contribution is -2.09. The highest BCUT2D eigenvalue weighted by atomic mass is 15.1. The highest BCUT2D eigenvalue weighted by molar-refractivity contribution is 6.09. The summed E-state index contributed by atoms with van der Waals surface area (Å²) in [5, 5.41) is 2.59. The van der Waals surface area contributed by atoms with E-state index >= 15 is 0 Å². The molecule has 214 valence electrons. The molecule has 0 N–H and O–H groups in total. The van der Waals surface area contributed by atoms with E-state index in [1.165, 1.54) is 55.2 Å². The van der Waals surface area contributed by atoms with Crippen LogP contribution in [0.2, 0.25) is 0 Å². The van der Waals surface area contributed by atoms with Gasteiger partial charge in [0.1, 0.15) is 0 Å². The topological polar surface area (TPSA) is 8.17 Å². The van der Waals surface area contributed by atoms with E-state index < -0.39 is 0 Å². The van der Waals surface area contributed by atoms with Gasteiger partial charge in [-0.25, -0.2) is 0 Å². The van der Waals surface area contributed by atoms with Crippen LogP contribution in [-0.2, 0) is 7.05 Å². The smallest absolute Gasteiger partial charge is 0.0489 e. The second-order valence-electron chi connectivity index (χ2n) is 11.5. The van der Waals surface area contributed by atoms with Crippen LogP contribution in [0.1, 0.15) is 0 Å². The van der Waals surface area contributed by atoms with E-state index in [1.807, 2.05) is 0 Å². The molecular weight excluding hydrogens is 544 g/mol. The molecule has 8 aromatic rings. The van der Waals surface area contributed by atoms with Gasteiger partial charge >= 0.3 is 0 Å². The Labute approximate surface area is 264 Å². The first-order valence-electron chi connectivity index (χ1n) is 15.4. The van der Waals surface area contributed by atoms with Crippen molar-refractivity contribution >= 4 is 38.9 Å². The average Bonchev–Trinajstić information content (AvgIpc) is 3.41. The second kappa shape index (κ2) is 11.3. The lowest BCUT2D eigenvalue weighted by atomic mass is 9.98. The summed E-state index contributed by atoms with van der Waals surface area (Å²) in [4.78, 5) is 2.32. The second-order valence-corrected chi connectivity index (χ2v) is 11.5. The summed E-state index contributed by atoms with van der Waals surface area (Å²) < 4.78 is 2.28. The van der Waals surface area contributed by atoms with E-state index in [0.29, 0.717) is 0 Å².